The topological polar surface area (TPSA) is 47.3 Å². The van der Waals surface area contributed by atoms with Crippen LogP contribution in [-0.2, 0) is 17.5 Å². The van der Waals surface area contributed by atoms with Crippen LogP contribution in [0, 0.1) is 11.3 Å². The summed E-state index contributed by atoms with van der Waals surface area (Å²) in [4.78, 5) is 15.7. The van der Waals surface area contributed by atoms with E-state index in [2.05, 4.69) is 0 Å². The molecule has 1 aliphatic heterocycles. The molecule has 1 heterocycles. The van der Waals surface area contributed by atoms with Gasteiger partial charge in [0.25, 0.3) is 0 Å². The van der Waals surface area contributed by atoms with Gasteiger partial charge in [-0.25, -0.2) is 0 Å². The van der Waals surface area contributed by atoms with E-state index in [0.29, 0.717) is 18.8 Å². The second kappa shape index (κ2) is 8.34. The minimum atomic E-state index is -4.48. The molecule has 2 aromatic carbocycles. The molecule has 0 N–H and O–H groups in total. The lowest BCUT2D eigenvalue weighted by atomic mass is 10.0. The lowest BCUT2D eigenvalue weighted by Gasteiger charge is -2.32. The summed E-state index contributed by atoms with van der Waals surface area (Å²) in [7, 11) is 0. The van der Waals surface area contributed by atoms with E-state index in [1.807, 2.05) is 13.0 Å². The molecule has 0 aromatic heterocycles. The van der Waals surface area contributed by atoms with E-state index < -0.39 is 11.7 Å². The Labute approximate surface area is 172 Å². The first-order valence-corrected chi connectivity index (χ1v) is 9.51. The Bertz CT molecular complexity index is 955. The van der Waals surface area contributed by atoms with Gasteiger partial charge in [-0.05, 0) is 36.8 Å². The number of hydrogen-bond donors (Lipinski definition) is 0. The van der Waals surface area contributed by atoms with Crippen LogP contribution in [-0.4, -0.2) is 29.9 Å². The molecule has 8 heteroatoms. The van der Waals surface area contributed by atoms with Crippen molar-refractivity contribution in [1.82, 2.24) is 4.90 Å². The standard InChI is InChI=1S/C21H19ClF3N3O/c1-2-27-13-17(10-20(27)29)28(16-8-7-14(11-26)19(22)9-16)12-15-5-3-4-6-18(15)21(23,24)25/h3-9,17H,2,10,12-13H2,1H3/t17-/m0/s1. The van der Waals surface area contributed by atoms with Crippen LogP contribution in [0.2, 0.25) is 5.02 Å². The molecular weight excluding hydrogens is 403 g/mol. The van der Waals surface area contributed by atoms with Gasteiger partial charge in [0.2, 0.25) is 5.91 Å². The normalized spacial score (nSPS) is 16.8. The fraction of sp³-hybridized carbons (Fsp3) is 0.333. The molecule has 1 aliphatic rings. The smallest absolute Gasteiger partial charge is 0.362 e. The fourth-order valence-corrected chi connectivity index (χ4v) is 3.81. The van der Waals surface area contributed by atoms with E-state index in [0.717, 1.165) is 6.07 Å². The number of carbonyl (C=O) groups is 1. The van der Waals surface area contributed by atoms with Crippen LogP contribution in [0.15, 0.2) is 42.5 Å². The van der Waals surface area contributed by atoms with Crippen molar-refractivity contribution in [3.05, 3.63) is 64.2 Å². The molecule has 3 rings (SSSR count). The van der Waals surface area contributed by atoms with Crippen LogP contribution in [0.25, 0.3) is 0 Å². The average Bonchev–Trinajstić information content (AvgIpc) is 3.06. The van der Waals surface area contributed by atoms with E-state index in [9.17, 15) is 18.0 Å². The summed E-state index contributed by atoms with van der Waals surface area (Å²) >= 11 is 6.17. The number of nitrogens with zero attached hydrogens (tertiary/aromatic N) is 3. The van der Waals surface area contributed by atoms with Gasteiger partial charge in [-0.15, -0.1) is 0 Å². The highest BCUT2D eigenvalue weighted by atomic mass is 35.5. The lowest BCUT2D eigenvalue weighted by molar-refractivity contribution is -0.138. The molecule has 1 saturated heterocycles. The monoisotopic (exact) mass is 421 g/mol. The van der Waals surface area contributed by atoms with E-state index in [-0.39, 0.29) is 41.1 Å². The summed E-state index contributed by atoms with van der Waals surface area (Å²) < 4.78 is 40.4. The number of likely N-dealkylation sites (N-methyl/N-ethyl adjacent to an activating group) is 1. The second-order valence-electron chi connectivity index (χ2n) is 6.85. The summed E-state index contributed by atoms with van der Waals surface area (Å²) in [5.74, 6) is -0.0358. The third-order valence-corrected chi connectivity index (χ3v) is 5.40. The zero-order valence-electron chi connectivity index (χ0n) is 15.7. The van der Waals surface area contributed by atoms with Gasteiger partial charge in [-0.2, -0.15) is 18.4 Å². The molecule has 0 bridgehead atoms. The molecular formula is C21H19ClF3N3O. The molecule has 0 saturated carbocycles. The maximum Gasteiger partial charge on any atom is 0.416 e. The van der Waals surface area contributed by atoms with Gasteiger partial charge >= 0.3 is 6.18 Å². The van der Waals surface area contributed by atoms with E-state index >= 15 is 0 Å². The zero-order valence-corrected chi connectivity index (χ0v) is 16.5. The van der Waals surface area contributed by atoms with Gasteiger partial charge in [0.05, 0.1) is 22.2 Å². The van der Waals surface area contributed by atoms with Crippen molar-refractivity contribution in [3.63, 3.8) is 0 Å². The van der Waals surface area contributed by atoms with Crippen molar-refractivity contribution in [3.8, 4) is 6.07 Å². The summed E-state index contributed by atoms with van der Waals surface area (Å²) in [6, 6.07) is 11.8. The number of benzene rings is 2. The van der Waals surface area contributed by atoms with Gasteiger partial charge in [-0.1, -0.05) is 29.8 Å². The second-order valence-corrected chi connectivity index (χ2v) is 7.26. The highest BCUT2D eigenvalue weighted by Crippen LogP contribution is 2.35. The van der Waals surface area contributed by atoms with Crippen molar-refractivity contribution in [2.75, 3.05) is 18.0 Å². The van der Waals surface area contributed by atoms with E-state index in [1.54, 1.807) is 28.0 Å². The van der Waals surface area contributed by atoms with Crippen LogP contribution >= 0.6 is 11.6 Å². The van der Waals surface area contributed by atoms with E-state index in [1.165, 1.54) is 18.2 Å². The van der Waals surface area contributed by atoms with E-state index in [4.69, 9.17) is 16.9 Å². The molecule has 0 radical (unpaired) electrons. The molecule has 152 valence electrons. The molecule has 0 spiro atoms. The molecule has 29 heavy (non-hydrogen) atoms. The Morgan fingerprint density at radius 1 is 1.28 bits per heavy atom. The van der Waals surface area contributed by atoms with Crippen molar-refractivity contribution in [2.24, 2.45) is 0 Å². The number of hydrogen-bond acceptors (Lipinski definition) is 3. The Kier molecular flexibility index (Phi) is 6.04. The molecule has 1 fully saturated rings. The number of alkyl halides is 3. The van der Waals surface area contributed by atoms with Crippen LogP contribution in [0.4, 0.5) is 18.9 Å². The largest absolute Gasteiger partial charge is 0.416 e. The Morgan fingerprint density at radius 3 is 2.59 bits per heavy atom. The van der Waals surface area contributed by atoms with Gasteiger partial charge in [0, 0.05) is 31.7 Å². The number of carbonyl (C=O) groups excluding carboxylic acids is 1. The maximum atomic E-state index is 13.5. The molecule has 4 nitrogen and oxygen atoms in total. The first-order chi connectivity index (χ1) is 13.7. The van der Waals surface area contributed by atoms with Gasteiger partial charge in [0.15, 0.2) is 0 Å². The quantitative estimate of drug-likeness (QED) is 0.692. The number of nitriles is 1. The highest BCUT2D eigenvalue weighted by Gasteiger charge is 2.36. The Hall–Kier alpha value is -2.72. The van der Waals surface area contributed by atoms with Crippen LogP contribution in [0.5, 0.6) is 0 Å². The van der Waals surface area contributed by atoms with Gasteiger partial charge in [0.1, 0.15) is 6.07 Å². The third-order valence-electron chi connectivity index (χ3n) is 5.08. The summed E-state index contributed by atoms with van der Waals surface area (Å²) in [6.45, 7) is 2.78. The molecule has 0 aliphatic carbocycles. The highest BCUT2D eigenvalue weighted by molar-refractivity contribution is 6.32. The molecule has 0 unspecified atom stereocenters. The fourth-order valence-electron chi connectivity index (χ4n) is 3.59. The number of amides is 1. The lowest BCUT2D eigenvalue weighted by Crippen LogP contribution is -2.37. The van der Waals surface area contributed by atoms with Crippen molar-refractivity contribution < 1.29 is 18.0 Å². The minimum Gasteiger partial charge on any atom is -0.362 e. The molecule has 1 atom stereocenters. The van der Waals surface area contributed by atoms with Crippen molar-refractivity contribution in [2.45, 2.75) is 32.1 Å². The molecule has 1 amide bonds. The average molecular weight is 422 g/mol. The van der Waals surface area contributed by atoms with Gasteiger partial charge in [-0.3, -0.25) is 4.79 Å². The summed E-state index contributed by atoms with van der Waals surface area (Å²) in [5.41, 5.74) is 0.259. The number of likely N-dealkylation sites (tertiary alicyclic amines) is 1. The zero-order chi connectivity index (χ0) is 21.2. The SMILES string of the molecule is CCN1C[C@@H](N(Cc2ccccc2C(F)(F)F)c2ccc(C#N)c(Cl)c2)CC1=O. The third kappa shape index (κ3) is 4.48. The Morgan fingerprint density at radius 2 is 2.00 bits per heavy atom. The van der Waals surface area contributed by atoms with Crippen molar-refractivity contribution in [1.29, 1.82) is 5.26 Å². The summed E-state index contributed by atoms with van der Waals surface area (Å²) in [6.07, 6.45) is -4.27. The summed E-state index contributed by atoms with van der Waals surface area (Å²) in [5, 5.41) is 9.32. The first-order valence-electron chi connectivity index (χ1n) is 9.13. The van der Waals surface area contributed by atoms with Crippen LogP contribution in [0.1, 0.15) is 30.0 Å². The predicted molar refractivity (Wildman–Crippen MR) is 104 cm³/mol. The number of rotatable bonds is 5. The first kappa shape index (κ1) is 21.0. The number of anilines is 1. The molecule has 2 aromatic rings. The predicted octanol–water partition coefficient (Wildman–Crippen LogP) is 4.86. The Balaban J connectivity index is 2.02. The maximum absolute atomic E-state index is 13.5. The van der Waals surface area contributed by atoms with Gasteiger partial charge < -0.3 is 9.80 Å². The number of halogens is 4. The van der Waals surface area contributed by atoms with Crippen LogP contribution in [0.3, 0.4) is 0 Å². The van der Waals surface area contributed by atoms with Crippen LogP contribution < -0.4 is 4.90 Å². The minimum absolute atomic E-state index is 0.0343. The van der Waals surface area contributed by atoms with Crippen molar-refractivity contribution >= 4 is 23.2 Å².